The van der Waals surface area contributed by atoms with E-state index in [0.29, 0.717) is 32.2 Å². The first-order valence-electron chi connectivity index (χ1n) is 14.7. The number of hydrogen-bond acceptors (Lipinski definition) is 9. The number of carbonyl (C=O) groups excluding carboxylic acids is 3. The molecule has 2 saturated carbocycles. The Hall–Kier alpha value is -1.65. The van der Waals surface area contributed by atoms with E-state index in [-0.39, 0.29) is 49.0 Å². The average molecular weight is 542 g/mol. The molecule has 39 heavy (non-hydrogen) atoms. The molecule has 9 nitrogen and oxygen atoms in total. The summed E-state index contributed by atoms with van der Waals surface area (Å²) in [5.41, 5.74) is -3.71. The monoisotopic (exact) mass is 541 g/mol. The number of esters is 1. The summed E-state index contributed by atoms with van der Waals surface area (Å²) >= 11 is 0. The summed E-state index contributed by atoms with van der Waals surface area (Å²) in [5.74, 6) is -2.39. The van der Waals surface area contributed by atoms with E-state index < -0.39 is 63.8 Å². The van der Waals surface area contributed by atoms with Crippen LogP contribution in [0.1, 0.15) is 59.8 Å². The van der Waals surface area contributed by atoms with Gasteiger partial charge in [0.1, 0.15) is 17.6 Å². The first-order chi connectivity index (χ1) is 18.4. The van der Waals surface area contributed by atoms with Crippen LogP contribution in [0.2, 0.25) is 0 Å². The van der Waals surface area contributed by atoms with Gasteiger partial charge >= 0.3 is 5.97 Å². The first kappa shape index (κ1) is 25.1. The standard InChI is InChI=1S/C30H39NO8/c1-14-7-17-21(18(32)8-14)16(3)23(35)24-27(10-20(33)37-12-27)26(4)5-6-28-9-15(2)22(34)19(39-28)11-31(28)30(26)25(36)29(17,24)13-38-30/h8,15-17,19,21-22,24-25,34,36H,5-7,9-13H2,1-4H3. The van der Waals surface area contributed by atoms with Crippen LogP contribution >= 0.6 is 0 Å². The van der Waals surface area contributed by atoms with Gasteiger partial charge in [-0.05, 0) is 50.5 Å². The topological polar surface area (TPSA) is 123 Å². The van der Waals surface area contributed by atoms with Gasteiger partial charge in [-0.2, -0.15) is 0 Å². The summed E-state index contributed by atoms with van der Waals surface area (Å²) in [6.45, 7) is 8.58. The maximum Gasteiger partial charge on any atom is 0.306 e. The van der Waals surface area contributed by atoms with Gasteiger partial charge in [0.25, 0.3) is 0 Å². The second-order valence-corrected chi connectivity index (χ2v) is 14.6. The third-order valence-electron chi connectivity index (χ3n) is 13.3. The highest BCUT2D eigenvalue weighted by Crippen LogP contribution is 2.80. The molecule has 0 radical (unpaired) electrons. The van der Waals surface area contributed by atoms with Crippen LogP contribution in [-0.2, 0) is 28.6 Å². The van der Waals surface area contributed by atoms with E-state index in [4.69, 9.17) is 14.2 Å². The van der Waals surface area contributed by atoms with Crippen molar-refractivity contribution in [2.45, 2.75) is 89.6 Å². The lowest BCUT2D eigenvalue weighted by Crippen LogP contribution is -2.83. The third-order valence-corrected chi connectivity index (χ3v) is 13.3. The molecule has 5 saturated heterocycles. The number of piperidine rings is 1. The van der Waals surface area contributed by atoms with Crippen LogP contribution in [0.25, 0.3) is 0 Å². The zero-order chi connectivity index (χ0) is 27.5. The maximum absolute atomic E-state index is 14.6. The van der Waals surface area contributed by atoms with Gasteiger partial charge in [0.2, 0.25) is 0 Å². The Balaban J connectivity index is 1.39. The summed E-state index contributed by atoms with van der Waals surface area (Å²) in [5, 5.41) is 23.9. The number of rotatable bonds is 0. The number of carbonyl (C=O) groups is 3. The largest absolute Gasteiger partial charge is 0.465 e. The number of allylic oxidation sites excluding steroid dienone is 2. The Bertz CT molecular complexity index is 1250. The van der Waals surface area contributed by atoms with Crippen molar-refractivity contribution in [3.63, 3.8) is 0 Å². The van der Waals surface area contributed by atoms with Gasteiger partial charge in [-0.3, -0.25) is 14.4 Å². The van der Waals surface area contributed by atoms with Gasteiger partial charge in [0.05, 0.1) is 31.8 Å². The van der Waals surface area contributed by atoms with E-state index >= 15 is 0 Å². The zero-order valence-corrected chi connectivity index (χ0v) is 23.1. The number of ether oxygens (including phenoxy) is 3. The molecule has 5 heterocycles. The number of aliphatic hydroxyl groups is 2. The Morgan fingerprint density at radius 3 is 2.59 bits per heavy atom. The van der Waals surface area contributed by atoms with E-state index in [1.165, 1.54) is 0 Å². The molecule has 212 valence electrons. The van der Waals surface area contributed by atoms with Crippen molar-refractivity contribution in [1.82, 2.24) is 4.90 Å². The van der Waals surface area contributed by atoms with Crippen molar-refractivity contribution < 1.29 is 38.8 Å². The molecule has 4 bridgehead atoms. The van der Waals surface area contributed by atoms with Gasteiger partial charge in [-0.25, -0.2) is 4.90 Å². The SMILES string of the molecule is CC1=CC(=O)C2C(C)C(=O)C3C4(COC5(C4O)N4CC6OC4(CCC5(C)C34COC(=O)C4)CC(C)C6O)C2C1. The van der Waals surface area contributed by atoms with Crippen molar-refractivity contribution in [2.75, 3.05) is 19.8 Å². The molecule has 2 N–H and O–H groups in total. The lowest BCUT2D eigenvalue weighted by Gasteiger charge is -2.72. The third kappa shape index (κ3) is 2.41. The number of fused-ring (bicyclic) bond motifs is 4. The number of nitrogens with zero attached hydrogens (tertiary/aromatic N) is 1. The van der Waals surface area contributed by atoms with Crippen molar-refractivity contribution >= 4 is 17.5 Å². The Labute approximate surface area is 228 Å². The lowest BCUT2D eigenvalue weighted by atomic mass is 9.33. The molecule has 9 heteroatoms. The molecule has 13 unspecified atom stereocenters. The van der Waals surface area contributed by atoms with Gasteiger partial charge < -0.3 is 24.4 Å². The summed E-state index contributed by atoms with van der Waals surface area (Å²) in [6, 6.07) is 0. The number of hydrogen-bond donors (Lipinski definition) is 2. The lowest BCUT2D eigenvalue weighted by molar-refractivity contribution is -0.365. The van der Waals surface area contributed by atoms with Crippen molar-refractivity contribution in [3.8, 4) is 0 Å². The maximum atomic E-state index is 14.6. The summed E-state index contributed by atoms with van der Waals surface area (Å²) in [7, 11) is 0. The predicted octanol–water partition coefficient (Wildman–Crippen LogP) is 1.59. The van der Waals surface area contributed by atoms with Crippen LogP contribution in [0.5, 0.6) is 0 Å². The Morgan fingerprint density at radius 2 is 1.87 bits per heavy atom. The minimum absolute atomic E-state index is 0.0222. The number of aliphatic hydroxyl groups excluding tert-OH is 2. The van der Waals surface area contributed by atoms with E-state index in [1.54, 1.807) is 6.08 Å². The molecule has 4 spiro atoms. The average Bonchev–Trinajstić information content (AvgIpc) is 3.51. The van der Waals surface area contributed by atoms with Crippen molar-refractivity contribution in [3.05, 3.63) is 11.6 Å². The van der Waals surface area contributed by atoms with E-state index in [1.807, 2.05) is 20.8 Å². The molecule has 8 aliphatic rings. The number of cyclic esters (lactones) is 1. The first-order valence-corrected chi connectivity index (χ1v) is 14.7. The molecule has 7 fully saturated rings. The molecular formula is C30H39NO8. The molecule has 13 atom stereocenters. The minimum atomic E-state index is -1.24. The predicted molar refractivity (Wildman–Crippen MR) is 135 cm³/mol. The second-order valence-electron chi connectivity index (χ2n) is 14.6. The minimum Gasteiger partial charge on any atom is -0.465 e. The second kappa shape index (κ2) is 7.21. The van der Waals surface area contributed by atoms with Crippen molar-refractivity contribution in [1.29, 1.82) is 0 Å². The number of ketones is 2. The highest BCUT2D eigenvalue weighted by molar-refractivity contribution is 6.00. The number of Topliss-reactive ketones (excluding diaryl/α,β-unsaturated/α-hetero) is 1. The fourth-order valence-electron chi connectivity index (χ4n) is 11.6. The fraction of sp³-hybridized carbons (Fsp3) is 0.833. The van der Waals surface area contributed by atoms with Crippen LogP contribution in [0, 0.1) is 45.8 Å². The Kier molecular flexibility index (Phi) is 4.64. The molecule has 0 aromatic heterocycles. The molecular weight excluding hydrogens is 502 g/mol. The Morgan fingerprint density at radius 1 is 1.10 bits per heavy atom. The zero-order valence-electron chi connectivity index (χ0n) is 23.1. The highest BCUT2D eigenvalue weighted by Gasteiger charge is 2.89. The van der Waals surface area contributed by atoms with Crippen LogP contribution in [0.4, 0.5) is 0 Å². The molecule has 0 aromatic rings. The fourth-order valence-corrected chi connectivity index (χ4v) is 11.6. The van der Waals surface area contributed by atoms with Crippen LogP contribution in [0.3, 0.4) is 0 Å². The molecule has 5 aliphatic heterocycles. The van der Waals surface area contributed by atoms with Crippen LogP contribution in [0.15, 0.2) is 11.6 Å². The van der Waals surface area contributed by atoms with Gasteiger partial charge in [0, 0.05) is 40.5 Å². The summed E-state index contributed by atoms with van der Waals surface area (Å²) < 4.78 is 19.4. The van der Waals surface area contributed by atoms with Crippen molar-refractivity contribution in [2.24, 2.45) is 45.8 Å². The highest BCUT2D eigenvalue weighted by atomic mass is 16.6. The quantitative estimate of drug-likeness (QED) is 0.440. The molecule has 0 amide bonds. The molecule has 0 aromatic carbocycles. The normalized spacial score (nSPS) is 59.4. The van der Waals surface area contributed by atoms with Crippen LogP contribution in [-0.4, -0.2) is 82.2 Å². The van der Waals surface area contributed by atoms with Gasteiger partial charge in [-0.1, -0.05) is 26.3 Å². The molecule has 3 aliphatic carbocycles. The smallest absolute Gasteiger partial charge is 0.306 e. The van der Waals surface area contributed by atoms with Gasteiger partial charge in [0.15, 0.2) is 11.5 Å². The van der Waals surface area contributed by atoms with E-state index in [9.17, 15) is 24.6 Å². The van der Waals surface area contributed by atoms with Gasteiger partial charge in [-0.15, -0.1) is 0 Å². The van der Waals surface area contributed by atoms with E-state index in [0.717, 1.165) is 5.57 Å². The molecule has 8 rings (SSSR count). The van der Waals surface area contributed by atoms with Crippen LogP contribution < -0.4 is 0 Å². The summed E-state index contributed by atoms with van der Waals surface area (Å²) in [4.78, 5) is 43.2. The summed E-state index contributed by atoms with van der Waals surface area (Å²) in [6.07, 6.45) is 2.11. The van der Waals surface area contributed by atoms with E-state index in [2.05, 4.69) is 11.8 Å².